The van der Waals surface area contributed by atoms with E-state index in [9.17, 15) is 9.90 Å². The SMILES string of the molecule is Cc1ccc(N=C2SC(=Cc3ccc(O)c(I)c3)C(=O)N2C)cc1. The van der Waals surface area contributed by atoms with Crippen LogP contribution in [0.25, 0.3) is 6.08 Å². The first-order valence-electron chi connectivity index (χ1n) is 7.25. The maximum atomic E-state index is 12.4. The van der Waals surface area contributed by atoms with Gasteiger partial charge in [0.2, 0.25) is 0 Å². The van der Waals surface area contributed by atoms with E-state index in [4.69, 9.17) is 0 Å². The molecule has 2 aromatic carbocycles. The standard InChI is InChI=1S/C18H15IN2O2S/c1-11-3-6-13(7-4-11)20-18-21(2)17(23)16(24-18)10-12-5-8-15(22)14(19)9-12/h3-10,22H,1-2H3. The molecule has 1 aliphatic rings. The van der Waals surface area contributed by atoms with Crippen LogP contribution in [0.5, 0.6) is 5.75 Å². The highest BCUT2D eigenvalue weighted by atomic mass is 127. The first kappa shape index (κ1) is 17.0. The molecule has 1 amide bonds. The lowest BCUT2D eigenvalue weighted by atomic mass is 10.2. The highest BCUT2D eigenvalue weighted by Crippen LogP contribution is 2.33. The minimum Gasteiger partial charge on any atom is -0.507 e. The molecule has 24 heavy (non-hydrogen) atoms. The van der Waals surface area contributed by atoms with Crippen LogP contribution in [-0.2, 0) is 4.79 Å². The number of phenolic OH excluding ortho intramolecular Hbond substituents is 1. The van der Waals surface area contributed by atoms with Crippen LogP contribution in [0.3, 0.4) is 0 Å². The normalized spacial score (nSPS) is 18.0. The number of hydrogen-bond donors (Lipinski definition) is 1. The number of phenols is 1. The van der Waals surface area contributed by atoms with E-state index in [0.29, 0.717) is 10.1 Å². The lowest BCUT2D eigenvalue weighted by Crippen LogP contribution is -2.23. The predicted octanol–water partition coefficient (Wildman–Crippen LogP) is 4.54. The fraction of sp³-hybridized carbons (Fsp3) is 0.111. The first-order valence-corrected chi connectivity index (χ1v) is 9.15. The molecule has 0 saturated carbocycles. The first-order chi connectivity index (χ1) is 11.4. The number of amides is 1. The summed E-state index contributed by atoms with van der Waals surface area (Å²) in [7, 11) is 1.73. The van der Waals surface area contributed by atoms with Crippen molar-refractivity contribution in [2.75, 3.05) is 7.05 Å². The van der Waals surface area contributed by atoms with E-state index >= 15 is 0 Å². The van der Waals surface area contributed by atoms with Crippen molar-refractivity contribution in [3.8, 4) is 5.75 Å². The van der Waals surface area contributed by atoms with Gasteiger partial charge in [-0.05, 0) is 77.2 Å². The second-order valence-corrected chi connectivity index (χ2v) is 7.59. The maximum absolute atomic E-state index is 12.4. The lowest BCUT2D eigenvalue weighted by molar-refractivity contribution is -0.121. The summed E-state index contributed by atoms with van der Waals surface area (Å²) in [5, 5.41) is 10.3. The largest absolute Gasteiger partial charge is 0.507 e. The Labute approximate surface area is 158 Å². The molecule has 1 heterocycles. The molecular weight excluding hydrogens is 435 g/mol. The number of hydrogen-bond acceptors (Lipinski definition) is 4. The van der Waals surface area contributed by atoms with E-state index < -0.39 is 0 Å². The Bertz CT molecular complexity index is 860. The topological polar surface area (TPSA) is 52.9 Å². The third-order valence-corrected chi connectivity index (χ3v) is 5.46. The molecule has 0 bridgehead atoms. The van der Waals surface area contributed by atoms with Crippen molar-refractivity contribution in [2.45, 2.75) is 6.92 Å². The number of likely N-dealkylation sites (N-methyl/N-ethyl adjacent to an activating group) is 1. The molecule has 0 spiro atoms. The number of carbonyl (C=O) groups is 1. The van der Waals surface area contributed by atoms with Crippen molar-refractivity contribution < 1.29 is 9.90 Å². The summed E-state index contributed by atoms with van der Waals surface area (Å²) in [6.07, 6.45) is 1.82. The molecule has 1 aliphatic heterocycles. The van der Waals surface area contributed by atoms with Crippen LogP contribution in [0.4, 0.5) is 5.69 Å². The van der Waals surface area contributed by atoms with E-state index in [1.54, 1.807) is 24.1 Å². The molecule has 0 aromatic heterocycles. The van der Waals surface area contributed by atoms with Crippen LogP contribution in [0.15, 0.2) is 52.4 Å². The highest BCUT2D eigenvalue weighted by molar-refractivity contribution is 14.1. The van der Waals surface area contributed by atoms with Crippen molar-refractivity contribution >= 4 is 57.2 Å². The Morgan fingerprint density at radius 1 is 1.21 bits per heavy atom. The van der Waals surface area contributed by atoms with Gasteiger partial charge < -0.3 is 5.11 Å². The van der Waals surface area contributed by atoms with E-state index in [2.05, 4.69) is 27.6 Å². The minimum absolute atomic E-state index is 0.0751. The van der Waals surface area contributed by atoms with Crippen molar-refractivity contribution in [1.29, 1.82) is 0 Å². The van der Waals surface area contributed by atoms with Crippen molar-refractivity contribution in [2.24, 2.45) is 4.99 Å². The predicted molar refractivity (Wildman–Crippen MR) is 107 cm³/mol. The van der Waals surface area contributed by atoms with Gasteiger partial charge in [0.25, 0.3) is 5.91 Å². The van der Waals surface area contributed by atoms with Crippen LogP contribution in [0.1, 0.15) is 11.1 Å². The Morgan fingerprint density at radius 3 is 2.58 bits per heavy atom. The molecule has 3 rings (SSSR count). The van der Waals surface area contributed by atoms with Crippen LogP contribution < -0.4 is 0 Å². The zero-order chi connectivity index (χ0) is 17.3. The van der Waals surface area contributed by atoms with Crippen LogP contribution in [0, 0.1) is 10.5 Å². The molecule has 6 heteroatoms. The van der Waals surface area contributed by atoms with E-state index in [1.165, 1.54) is 17.3 Å². The molecule has 0 aliphatic carbocycles. The second kappa shape index (κ2) is 6.98. The van der Waals surface area contributed by atoms with Gasteiger partial charge in [0.15, 0.2) is 5.17 Å². The van der Waals surface area contributed by atoms with E-state index in [-0.39, 0.29) is 11.7 Å². The van der Waals surface area contributed by atoms with Crippen molar-refractivity contribution in [1.82, 2.24) is 4.90 Å². The van der Waals surface area contributed by atoms with Crippen molar-refractivity contribution in [3.63, 3.8) is 0 Å². The van der Waals surface area contributed by atoms with Gasteiger partial charge in [-0.15, -0.1) is 0 Å². The monoisotopic (exact) mass is 450 g/mol. The Hall–Kier alpha value is -1.80. The number of amidine groups is 1. The number of carbonyl (C=O) groups excluding carboxylic acids is 1. The van der Waals surface area contributed by atoms with Gasteiger partial charge in [0, 0.05) is 7.05 Å². The number of halogens is 1. The van der Waals surface area contributed by atoms with Gasteiger partial charge in [-0.2, -0.15) is 0 Å². The third-order valence-electron chi connectivity index (χ3n) is 3.53. The van der Waals surface area contributed by atoms with Gasteiger partial charge in [-0.25, -0.2) is 4.99 Å². The average Bonchev–Trinajstić information content (AvgIpc) is 2.81. The minimum atomic E-state index is -0.0751. The molecular formula is C18H15IN2O2S. The fourth-order valence-electron chi connectivity index (χ4n) is 2.15. The van der Waals surface area contributed by atoms with Crippen LogP contribution in [-0.4, -0.2) is 28.1 Å². The molecule has 122 valence electrons. The second-order valence-electron chi connectivity index (χ2n) is 5.42. The highest BCUT2D eigenvalue weighted by Gasteiger charge is 2.30. The number of thioether (sulfide) groups is 1. The quantitative estimate of drug-likeness (QED) is 0.540. The van der Waals surface area contributed by atoms with Crippen LogP contribution in [0.2, 0.25) is 0 Å². The number of aryl methyl sites for hydroxylation is 1. The summed E-state index contributed by atoms with van der Waals surface area (Å²) in [6, 6.07) is 13.1. The van der Waals surface area contributed by atoms with Gasteiger partial charge in [0.1, 0.15) is 5.75 Å². The summed E-state index contributed by atoms with van der Waals surface area (Å²) in [5.74, 6) is 0.163. The van der Waals surface area contributed by atoms with Gasteiger partial charge in [-0.1, -0.05) is 23.8 Å². The van der Waals surface area contributed by atoms with Gasteiger partial charge in [0.05, 0.1) is 14.2 Å². The Kier molecular flexibility index (Phi) is 4.96. The number of aromatic hydroxyl groups is 1. The summed E-state index contributed by atoms with van der Waals surface area (Å²) in [5.41, 5.74) is 2.87. The molecule has 1 N–H and O–H groups in total. The number of rotatable bonds is 2. The van der Waals surface area contributed by atoms with Crippen molar-refractivity contribution in [3.05, 3.63) is 62.1 Å². The molecule has 4 nitrogen and oxygen atoms in total. The molecule has 1 saturated heterocycles. The zero-order valence-corrected chi connectivity index (χ0v) is 16.1. The van der Waals surface area contributed by atoms with Gasteiger partial charge in [-0.3, -0.25) is 9.69 Å². The molecule has 0 unspecified atom stereocenters. The Morgan fingerprint density at radius 2 is 1.92 bits per heavy atom. The maximum Gasteiger partial charge on any atom is 0.266 e. The smallest absolute Gasteiger partial charge is 0.266 e. The fourth-order valence-corrected chi connectivity index (χ4v) is 3.67. The number of aliphatic imine (C=N–C) groups is 1. The summed E-state index contributed by atoms with van der Waals surface area (Å²) in [4.78, 5) is 19.2. The van der Waals surface area contributed by atoms with E-state index in [1.807, 2.05) is 43.3 Å². The van der Waals surface area contributed by atoms with Gasteiger partial charge >= 0.3 is 0 Å². The van der Waals surface area contributed by atoms with Crippen LogP contribution >= 0.6 is 34.4 Å². The molecule has 2 aromatic rings. The Balaban J connectivity index is 1.89. The summed E-state index contributed by atoms with van der Waals surface area (Å²) >= 11 is 3.42. The molecule has 0 radical (unpaired) electrons. The van der Waals surface area contributed by atoms with E-state index in [0.717, 1.165) is 14.8 Å². The summed E-state index contributed by atoms with van der Waals surface area (Å²) < 4.78 is 0.749. The zero-order valence-electron chi connectivity index (χ0n) is 13.2. The number of benzene rings is 2. The lowest BCUT2D eigenvalue weighted by Gasteiger charge is -2.07. The average molecular weight is 450 g/mol. The molecule has 1 fully saturated rings. The summed E-state index contributed by atoms with van der Waals surface area (Å²) in [6.45, 7) is 2.02. The third kappa shape index (κ3) is 3.64. The number of nitrogens with zero attached hydrogens (tertiary/aromatic N) is 2. The molecule has 0 atom stereocenters.